The van der Waals surface area contributed by atoms with Gasteiger partial charge in [0.1, 0.15) is 11.5 Å². The van der Waals surface area contributed by atoms with E-state index in [0.717, 1.165) is 24.5 Å². The number of aryl methyl sites for hydroxylation is 1. The summed E-state index contributed by atoms with van der Waals surface area (Å²) in [6.45, 7) is 4.56. The Labute approximate surface area is 159 Å². The summed E-state index contributed by atoms with van der Waals surface area (Å²) in [6.07, 6.45) is 4.98. The number of hydrogen-bond donors (Lipinski definition) is 1. The van der Waals surface area contributed by atoms with Crippen LogP contribution in [0.1, 0.15) is 25.3 Å². The van der Waals surface area contributed by atoms with Gasteiger partial charge in [0.2, 0.25) is 10.0 Å². The standard InChI is InChI=1S/C17H23FN4O2S.ClH/c1-12-9-20-22(10-12)17-6-5-15(8-16(17)18)25(23,24)21-7-3-4-14(11-21)13(2)19;/h5-6,8-10,13-14H,3-4,7,11,19H2,1-2H3;1H. The van der Waals surface area contributed by atoms with Gasteiger partial charge in [-0.3, -0.25) is 0 Å². The van der Waals surface area contributed by atoms with E-state index in [2.05, 4.69) is 5.10 Å². The SMILES string of the molecule is Cc1cnn(-c2ccc(S(=O)(=O)N3CCCC(C(C)N)C3)cc2F)c1.Cl. The van der Waals surface area contributed by atoms with Gasteiger partial charge in [0, 0.05) is 25.3 Å². The zero-order valence-corrected chi connectivity index (χ0v) is 16.4. The normalized spacial score (nSPS) is 19.8. The molecule has 2 atom stereocenters. The van der Waals surface area contributed by atoms with E-state index in [1.54, 1.807) is 12.4 Å². The number of nitrogens with two attached hydrogens (primary N) is 1. The predicted molar refractivity (Wildman–Crippen MR) is 101 cm³/mol. The molecule has 0 saturated carbocycles. The fourth-order valence-electron chi connectivity index (χ4n) is 3.15. The van der Waals surface area contributed by atoms with Crippen LogP contribution in [-0.2, 0) is 10.0 Å². The maximum absolute atomic E-state index is 14.5. The first-order valence-electron chi connectivity index (χ1n) is 8.36. The first kappa shape index (κ1) is 20.8. The lowest BCUT2D eigenvalue weighted by atomic mass is 9.93. The molecule has 1 aliphatic rings. The molecule has 2 aromatic rings. The van der Waals surface area contributed by atoms with Gasteiger partial charge < -0.3 is 5.73 Å². The zero-order valence-electron chi connectivity index (χ0n) is 14.8. The molecule has 144 valence electrons. The average molecular weight is 403 g/mol. The lowest BCUT2D eigenvalue weighted by Crippen LogP contribution is -2.44. The highest BCUT2D eigenvalue weighted by atomic mass is 35.5. The summed E-state index contributed by atoms with van der Waals surface area (Å²) >= 11 is 0. The Hall–Kier alpha value is -1.48. The molecule has 1 saturated heterocycles. The number of sulfonamides is 1. The number of piperidine rings is 1. The summed E-state index contributed by atoms with van der Waals surface area (Å²) in [5, 5.41) is 4.06. The molecule has 0 radical (unpaired) electrons. The van der Waals surface area contributed by atoms with Crippen molar-refractivity contribution in [3.63, 3.8) is 0 Å². The summed E-state index contributed by atoms with van der Waals surface area (Å²) in [5.41, 5.74) is 7.05. The lowest BCUT2D eigenvalue weighted by molar-refractivity contribution is 0.243. The molecule has 1 aromatic heterocycles. The molecular weight excluding hydrogens is 379 g/mol. The van der Waals surface area contributed by atoms with Crippen molar-refractivity contribution in [1.29, 1.82) is 0 Å². The van der Waals surface area contributed by atoms with Gasteiger partial charge in [0.15, 0.2) is 0 Å². The lowest BCUT2D eigenvalue weighted by Gasteiger charge is -2.33. The molecule has 1 fully saturated rings. The van der Waals surface area contributed by atoms with Gasteiger partial charge >= 0.3 is 0 Å². The summed E-state index contributed by atoms with van der Waals surface area (Å²) in [7, 11) is -3.74. The van der Waals surface area contributed by atoms with Crippen molar-refractivity contribution in [2.45, 2.75) is 37.6 Å². The quantitative estimate of drug-likeness (QED) is 0.851. The zero-order chi connectivity index (χ0) is 18.2. The van der Waals surface area contributed by atoms with E-state index in [0.29, 0.717) is 13.1 Å². The van der Waals surface area contributed by atoms with E-state index in [1.165, 1.54) is 21.1 Å². The first-order chi connectivity index (χ1) is 11.8. The van der Waals surface area contributed by atoms with Crippen LogP contribution in [0.4, 0.5) is 4.39 Å². The minimum atomic E-state index is -3.74. The molecule has 0 aliphatic carbocycles. The second-order valence-corrected chi connectivity index (χ2v) is 8.64. The fourth-order valence-corrected chi connectivity index (χ4v) is 4.70. The van der Waals surface area contributed by atoms with Crippen LogP contribution in [0.15, 0.2) is 35.5 Å². The Morgan fingerprint density at radius 2 is 2.12 bits per heavy atom. The molecule has 3 rings (SSSR count). The van der Waals surface area contributed by atoms with Gasteiger partial charge in [-0.2, -0.15) is 9.40 Å². The van der Waals surface area contributed by atoms with Crippen LogP contribution in [0.2, 0.25) is 0 Å². The number of aromatic nitrogens is 2. The van der Waals surface area contributed by atoms with E-state index >= 15 is 0 Å². The van der Waals surface area contributed by atoms with Gasteiger partial charge in [0.25, 0.3) is 0 Å². The van der Waals surface area contributed by atoms with Gasteiger partial charge in [-0.05, 0) is 56.4 Å². The second kappa shape index (κ2) is 8.04. The van der Waals surface area contributed by atoms with Crippen molar-refractivity contribution in [3.05, 3.63) is 42.0 Å². The van der Waals surface area contributed by atoms with Crippen LogP contribution < -0.4 is 5.73 Å². The Morgan fingerprint density at radius 1 is 1.38 bits per heavy atom. The third kappa shape index (κ3) is 4.09. The second-order valence-electron chi connectivity index (χ2n) is 6.70. The van der Waals surface area contributed by atoms with Crippen molar-refractivity contribution in [2.75, 3.05) is 13.1 Å². The van der Waals surface area contributed by atoms with Gasteiger partial charge in [-0.25, -0.2) is 17.5 Å². The molecule has 9 heteroatoms. The molecule has 6 nitrogen and oxygen atoms in total. The molecule has 0 bridgehead atoms. The smallest absolute Gasteiger partial charge is 0.243 e. The van der Waals surface area contributed by atoms with E-state index in [9.17, 15) is 12.8 Å². The Kier molecular flexibility index (Phi) is 6.44. The van der Waals surface area contributed by atoms with Crippen LogP contribution in [-0.4, -0.2) is 41.6 Å². The van der Waals surface area contributed by atoms with Crippen molar-refractivity contribution in [2.24, 2.45) is 11.7 Å². The Bertz CT molecular complexity index is 869. The van der Waals surface area contributed by atoms with Crippen molar-refractivity contribution < 1.29 is 12.8 Å². The van der Waals surface area contributed by atoms with E-state index in [4.69, 9.17) is 5.73 Å². The molecular formula is C17H24ClFN4O2S. The maximum Gasteiger partial charge on any atom is 0.243 e. The molecule has 0 amide bonds. The van der Waals surface area contributed by atoms with Gasteiger partial charge in [0.05, 0.1) is 11.1 Å². The minimum absolute atomic E-state index is 0. The van der Waals surface area contributed by atoms with Crippen molar-refractivity contribution in [1.82, 2.24) is 14.1 Å². The average Bonchev–Trinajstić information content (AvgIpc) is 3.01. The molecule has 2 N–H and O–H groups in total. The Balaban J connectivity index is 0.00000243. The number of nitrogens with zero attached hydrogens (tertiary/aromatic N) is 3. The largest absolute Gasteiger partial charge is 0.328 e. The molecule has 2 heterocycles. The van der Waals surface area contributed by atoms with Gasteiger partial charge in [-0.15, -0.1) is 12.4 Å². The molecule has 0 spiro atoms. The van der Waals surface area contributed by atoms with Crippen LogP contribution in [0.3, 0.4) is 0 Å². The van der Waals surface area contributed by atoms with Crippen molar-refractivity contribution >= 4 is 22.4 Å². The number of halogens is 2. The van der Waals surface area contributed by atoms with Gasteiger partial charge in [-0.1, -0.05) is 0 Å². The number of benzene rings is 1. The first-order valence-corrected chi connectivity index (χ1v) is 9.80. The highest BCUT2D eigenvalue weighted by Crippen LogP contribution is 2.26. The predicted octanol–water partition coefficient (Wildman–Crippen LogP) is 2.49. The maximum atomic E-state index is 14.5. The summed E-state index contributed by atoms with van der Waals surface area (Å²) < 4.78 is 43.0. The summed E-state index contributed by atoms with van der Waals surface area (Å²) in [5.74, 6) is -0.496. The highest BCUT2D eigenvalue weighted by molar-refractivity contribution is 7.89. The third-order valence-corrected chi connectivity index (χ3v) is 6.54. The molecule has 1 aliphatic heterocycles. The molecule has 26 heavy (non-hydrogen) atoms. The van der Waals surface area contributed by atoms with E-state index < -0.39 is 15.8 Å². The van der Waals surface area contributed by atoms with Crippen molar-refractivity contribution in [3.8, 4) is 5.69 Å². The van der Waals surface area contributed by atoms with Crippen LogP contribution in [0.5, 0.6) is 0 Å². The number of hydrogen-bond acceptors (Lipinski definition) is 4. The van der Waals surface area contributed by atoms with Crippen LogP contribution in [0, 0.1) is 18.7 Å². The Morgan fingerprint density at radius 3 is 2.69 bits per heavy atom. The summed E-state index contributed by atoms with van der Waals surface area (Å²) in [6, 6.07) is 3.87. The molecule has 1 aromatic carbocycles. The van der Waals surface area contributed by atoms with Crippen LogP contribution >= 0.6 is 12.4 Å². The van der Waals surface area contributed by atoms with E-state index in [-0.39, 0.29) is 34.9 Å². The monoisotopic (exact) mass is 402 g/mol. The minimum Gasteiger partial charge on any atom is -0.328 e. The number of rotatable bonds is 4. The molecule has 2 unspecified atom stereocenters. The summed E-state index contributed by atoms with van der Waals surface area (Å²) in [4.78, 5) is -0.0389. The van der Waals surface area contributed by atoms with E-state index in [1.807, 2.05) is 13.8 Å². The third-order valence-electron chi connectivity index (χ3n) is 4.68. The highest BCUT2D eigenvalue weighted by Gasteiger charge is 2.32. The topological polar surface area (TPSA) is 81.2 Å². The van der Waals surface area contributed by atoms with Crippen LogP contribution in [0.25, 0.3) is 5.69 Å². The fraction of sp³-hybridized carbons (Fsp3) is 0.471.